The number of fused-ring (bicyclic) bond motifs is 1. The molecule has 1 aliphatic heterocycles. The molecule has 1 saturated heterocycles. The molecule has 1 unspecified atom stereocenters. The molecule has 34 heavy (non-hydrogen) atoms. The molecule has 2 aromatic carbocycles. The molecule has 4 aromatic rings. The summed E-state index contributed by atoms with van der Waals surface area (Å²) in [6, 6.07) is 10.6. The number of hydrogen-bond acceptors (Lipinski definition) is 5. The van der Waals surface area contributed by atoms with Crippen LogP contribution in [-0.4, -0.2) is 34.6 Å². The first-order chi connectivity index (χ1) is 16.1. The first kappa shape index (κ1) is 23.1. The van der Waals surface area contributed by atoms with E-state index in [0.29, 0.717) is 12.8 Å². The van der Waals surface area contributed by atoms with Crippen molar-refractivity contribution in [1.82, 2.24) is 14.7 Å². The molecule has 0 N–H and O–H groups in total. The highest BCUT2D eigenvalue weighted by Crippen LogP contribution is 2.36. The summed E-state index contributed by atoms with van der Waals surface area (Å²) >= 11 is 5.85. The molecule has 0 spiro atoms. The molecular weight excluding hydrogens is 477 g/mol. The van der Waals surface area contributed by atoms with E-state index < -0.39 is 15.7 Å². The topological polar surface area (TPSA) is 78.0 Å². The maximum absolute atomic E-state index is 14.0. The minimum Gasteiger partial charge on any atom is -0.361 e. The van der Waals surface area contributed by atoms with Crippen molar-refractivity contribution in [2.75, 3.05) is 11.5 Å². The Morgan fingerprint density at radius 1 is 1.24 bits per heavy atom. The average Bonchev–Trinajstić information content (AvgIpc) is 3.44. The van der Waals surface area contributed by atoms with E-state index in [1.807, 2.05) is 45.0 Å². The molecule has 9 heteroatoms. The SMILES string of the molecule is Cc1noc(C)c1-c1ccc2c(c1)nc(C(C)Cc1ccc(Cl)c(F)c1)n2[C@@H]1CCS(=O)(=O)C1. The molecular formula is C25H25ClFN3O3S. The zero-order chi connectivity index (χ0) is 24.2. The van der Waals surface area contributed by atoms with Crippen LogP contribution in [0.1, 0.15) is 48.1 Å². The van der Waals surface area contributed by atoms with Crippen LogP contribution in [0.2, 0.25) is 5.02 Å². The van der Waals surface area contributed by atoms with Crippen molar-refractivity contribution in [2.45, 2.75) is 45.6 Å². The smallest absolute Gasteiger partial charge is 0.152 e. The molecule has 1 aliphatic rings. The van der Waals surface area contributed by atoms with Crippen molar-refractivity contribution >= 4 is 32.5 Å². The zero-order valence-corrected chi connectivity index (χ0v) is 20.8. The zero-order valence-electron chi connectivity index (χ0n) is 19.2. The first-order valence-electron chi connectivity index (χ1n) is 11.2. The summed E-state index contributed by atoms with van der Waals surface area (Å²) in [6.45, 7) is 5.81. The fourth-order valence-corrected chi connectivity index (χ4v) is 6.81. The van der Waals surface area contributed by atoms with E-state index in [9.17, 15) is 12.8 Å². The molecule has 6 nitrogen and oxygen atoms in total. The molecule has 0 bridgehead atoms. The van der Waals surface area contributed by atoms with Gasteiger partial charge in [-0.3, -0.25) is 0 Å². The molecule has 2 aromatic heterocycles. The van der Waals surface area contributed by atoms with Crippen LogP contribution >= 0.6 is 11.6 Å². The quantitative estimate of drug-likeness (QED) is 0.345. The number of nitrogens with zero attached hydrogens (tertiary/aromatic N) is 3. The largest absolute Gasteiger partial charge is 0.361 e. The maximum Gasteiger partial charge on any atom is 0.152 e. The lowest BCUT2D eigenvalue weighted by Gasteiger charge is -2.19. The summed E-state index contributed by atoms with van der Waals surface area (Å²) < 4.78 is 46.0. The summed E-state index contributed by atoms with van der Waals surface area (Å²) in [4.78, 5) is 4.97. The van der Waals surface area contributed by atoms with E-state index in [1.165, 1.54) is 6.07 Å². The van der Waals surface area contributed by atoms with Gasteiger partial charge in [-0.05, 0) is 62.1 Å². The van der Waals surface area contributed by atoms with E-state index in [1.54, 1.807) is 6.07 Å². The molecule has 2 atom stereocenters. The second-order valence-electron chi connectivity index (χ2n) is 9.15. The van der Waals surface area contributed by atoms with Crippen LogP contribution in [0.4, 0.5) is 4.39 Å². The predicted octanol–water partition coefficient (Wildman–Crippen LogP) is 5.81. The standard InChI is InChI=1S/C25H25ClFN3O3S/c1-14(10-17-4-6-20(26)21(27)11-17)25-28-22-12-18(24-15(2)29-33-16(24)3)5-7-23(22)30(25)19-8-9-34(31,32)13-19/h4-7,11-12,14,19H,8-10,13H2,1-3H3/t14?,19-/m1/s1. The second-order valence-corrected chi connectivity index (χ2v) is 11.8. The van der Waals surface area contributed by atoms with E-state index >= 15 is 0 Å². The van der Waals surface area contributed by atoms with Crippen LogP contribution in [0.5, 0.6) is 0 Å². The highest BCUT2D eigenvalue weighted by atomic mass is 35.5. The van der Waals surface area contributed by atoms with Crippen molar-refractivity contribution in [3.05, 3.63) is 70.1 Å². The third-order valence-electron chi connectivity index (χ3n) is 6.58. The van der Waals surface area contributed by atoms with Crippen molar-refractivity contribution in [1.29, 1.82) is 0 Å². The summed E-state index contributed by atoms with van der Waals surface area (Å²) in [5, 5.41) is 4.14. The minimum absolute atomic E-state index is 0.0706. The normalized spacial score (nSPS) is 18.6. The Labute approximate surface area is 202 Å². The average molecular weight is 502 g/mol. The van der Waals surface area contributed by atoms with Crippen LogP contribution in [0.3, 0.4) is 0 Å². The molecule has 0 aliphatic carbocycles. The summed E-state index contributed by atoms with van der Waals surface area (Å²) in [5.74, 6) is 1.27. The summed E-state index contributed by atoms with van der Waals surface area (Å²) in [6.07, 6.45) is 1.10. The fraction of sp³-hybridized carbons (Fsp3) is 0.360. The molecule has 0 radical (unpaired) electrons. The lowest BCUT2D eigenvalue weighted by Crippen LogP contribution is -2.16. The van der Waals surface area contributed by atoms with E-state index in [2.05, 4.69) is 9.72 Å². The van der Waals surface area contributed by atoms with Crippen LogP contribution in [0, 0.1) is 19.7 Å². The summed E-state index contributed by atoms with van der Waals surface area (Å²) in [7, 11) is -3.09. The van der Waals surface area contributed by atoms with Gasteiger partial charge in [-0.1, -0.05) is 35.8 Å². The van der Waals surface area contributed by atoms with Gasteiger partial charge in [-0.2, -0.15) is 0 Å². The monoisotopic (exact) mass is 501 g/mol. The molecule has 5 rings (SSSR count). The van der Waals surface area contributed by atoms with E-state index in [4.69, 9.17) is 21.1 Å². The number of sulfone groups is 1. The van der Waals surface area contributed by atoms with Gasteiger partial charge in [0, 0.05) is 11.5 Å². The van der Waals surface area contributed by atoms with Crippen molar-refractivity contribution in [3.8, 4) is 11.1 Å². The Hall–Kier alpha value is -2.71. The Morgan fingerprint density at radius 2 is 2.03 bits per heavy atom. The van der Waals surface area contributed by atoms with Gasteiger partial charge in [0.15, 0.2) is 9.84 Å². The van der Waals surface area contributed by atoms with Crippen molar-refractivity contribution in [2.24, 2.45) is 0 Å². The summed E-state index contributed by atoms with van der Waals surface area (Å²) in [5.41, 5.74) is 5.17. The highest BCUT2D eigenvalue weighted by Gasteiger charge is 2.33. The van der Waals surface area contributed by atoms with E-state index in [0.717, 1.165) is 45.0 Å². The highest BCUT2D eigenvalue weighted by molar-refractivity contribution is 7.91. The Bertz CT molecular complexity index is 1490. The van der Waals surface area contributed by atoms with Gasteiger partial charge >= 0.3 is 0 Å². The lowest BCUT2D eigenvalue weighted by atomic mass is 10.00. The molecule has 1 fully saturated rings. The third kappa shape index (κ3) is 4.14. The third-order valence-corrected chi connectivity index (χ3v) is 8.64. The predicted molar refractivity (Wildman–Crippen MR) is 131 cm³/mol. The minimum atomic E-state index is -3.09. The molecule has 0 saturated carbocycles. The van der Waals surface area contributed by atoms with Crippen molar-refractivity contribution in [3.63, 3.8) is 0 Å². The van der Waals surface area contributed by atoms with Crippen LogP contribution < -0.4 is 0 Å². The Balaban J connectivity index is 1.61. The van der Waals surface area contributed by atoms with Gasteiger partial charge in [0.25, 0.3) is 0 Å². The van der Waals surface area contributed by atoms with Crippen molar-refractivity contribution < 1.29 is 17.3 Å². The molecule has 3 heterocycles. The maximum atomic E-state index is 14.0. The lowest BCUT2D eigenvalue weighted by molar-refractivity contribution is 0.393. The Kier molecular flexibility index (Phi) is 5.76. The number of aromatic nitrogens is 3. The van der Waals surface area contributed by atoms with Gasteiger partial charge in [0.2, 0.25) is 0 Å². The number of rotatable bonds is 5. The first-order valence-corrected chi connectivity index (χ1v) is 13.4. The van der Waals surface area contributed by atoms with Gasteiger partial charge in [-0.25, -0.2) is 17.8 Å². The Morgan fingerprint density at radius 3 is 2.68 bits per heavy atom. The molecule has 0 amide bonds. The van der Waals surface area contributed by atoms with Gasteiger partial charge in [0.1, 0.15) is 17.4 Å². The number of hydrogen-bond donors (Lipinski definition) is 0. The van der Waals surface area contributed by atoms with Gasteiger partial charge < -0.3 is 9.09 Å². The fourth-order valence-electron chi connectivity index (χ4n) is 4.99. The van der Waals surface area contributed by atoms with Crippen LogP contribution in [-0.2, 0) is 16.3 Å². The van der Waals surface area contributed by atoms with Crippen LogP contribution in [0.25, 0.3) is 22.2 Å². The number of aryl methyl sites for hydroxylation is 2. The van der Waals surface area contributed by atoms with Gasteiger partial charge in [-0.15, -0.1) is 0 Å². The number of halogens is 2. The van der Waals surface area contributed by atoms with E-state index in [-0.39, 0.29) is 28.5 Å². The molecule has 178 valence electrons. The number of imidazole rings is 1. The second kappa shape index (κ2) is 8.50. The van der Waals surface area contributed by atoms with Gasteiger partial charge in [0.05, 0.1) is 39.3 Å². The number of benzene rings is 2. The van der Waals surface area contributed by atoms with Crippen LogP contribution in [0.15, 0.2) is 40.9 Å².